The van der Waals surface area contributed by atoms with E-state index in [1.54, 1.807) is 10.9 Å². The molecule has 1 unspecified atom stereocenters. The summed E-state index contributed by atoms with van der Waals surface area (Å²) in [6.45, 7) is 6.51. The van der Waals surface area contributed by atoms with Gasteiger partial charge in [-0.15, -0.1) is 0 Å². The van der Waals surface area contributed by atoms with Gasteiger partial charge in [-0.3, -0.25) is 9.58 Å². The number of carbonyl (C=O) groups excluding carboxylic acids is 1. The summed E-state index contributed by atoms with van der Waals surface area (Å²) in [5.74, 6) is 0. The zero-order valence-electron chi connectivity index (χ0n) is 14.5. The van der Waals surface area contributed by atoms with Crippen molar-refractivity contribution in [2.45, 2.75) is 19.5 Å². The molecule has 0 spiro atoms. The molecule has 3 rings (SSSR count). The van der Waals surface area contributed by atoms with E-state index >= 15 is 0 Å². The molecule has 1 aliphatic heterocycles. The highest BCUT2D eigenvalue weighted by Gasteiger charge is 2.23. The van der Waals surface area contributed by atoms with Gasteiger partial charge in [0, 0.05) is 32.4 Å². The molecule has 1 atom stereocenters. The molecule has 0 radical (unpaired) electrons. The van der Waals surface area contributed by atoms with Crippen LogP contribution in [0.5, 0.6) is 0 Å². The fourth-order valence-electron chi connectivity index (χ4n) is 2.99. The Labute approximate surface area is 148 Å². The van der Waals surface area contributed by atoms with Gasteiger partial charge in [0.15, 0.2) is 0 Å². The zero-order chi connectivity index (χ0) is 17.5. The van der Waals surface area contributed by atoms with Crippen LogP contribution in [0.3, 0.4) is 0 Å². The molecule has 2 heterocycles. The van der Waals surface area contributed by atoms with E-state index in [4.69, 9.17) is 4.74 Å². The third kappa shape index (κ3) is 4.80. The average Bonchev–Trinajstić information content (AvgIpc) is 3.11. The van der Waals surface area contributed by atoms with E-state index in [1.165, 1.54) is 5.56 Å². The molecule has 0 saturated carbocycles. The van der Waals surface area contributed by atoms with Crippen LogP contribution in [0.1, 0.15) is 18.5 Å². The molecule has 25 heavy (non-hydrogen) atoms. The summed E-state index contributed by atoms with van der Waals surface area (Å²) in [6, 6.07) is 10.2. The van der Waals surface area contributed by atoms with Crippen LogP contribution >= 0.6 is 0 Å². The molecule has 1 aromatic heterocycles. The monoisotopic (exact) mass is 343 g/mol. The number of nitrogens with one attached hydrogen (secondary N) is 2. The molecule has 2 N–H and O–H groups in total. The average molecular weight is 343 g/mol. The van der Waals surface area contributed by atoms with Gasteiger partial charge in [0.25, 0.3) is 0 Å². The number of urea groups is 1. The largest absolute Gasteiger partial charge is 0.379 e. The van der Waals surface area contributed by atoms with E-state index in [9.17, 15) is 4.79 Å². The van der Waals surface area contributed by atoms with Crippen LogP contribution in [0.4, 0.5) is 10.5 Å². The van der Waals surface area contributed by atoms with E-state index < -0.39 is 0 Å². The number of carbonyl (C=O) groups is 1. The summed E-state index contributed by atoms with van der Waals surface area (Å²) in [5, 5.41) is 9.97. The Balaban J connectivity index is 1.60. The number of hydrogen-bond donors (Lipinski definition) is 2. The minimum absolute atomic E-state index is 0.134. The molecule has 1 aromatic carbocycles. The van der Waals surface area contributed by atoms with Gasteiger partial charge in [-0.05, 0) is 12.5 Å². The van der Waals surface area contributed by atoms with Crippen molar-refractivity contribution >= 4 is 11.7 Å². The van der Waals surface area contributed by atoms with Crippen LogP contribution in [0.25, 0.3) is 0 Å². The molecule has 0 aliphatic carbocycles. The summed E-state index contributed by atoms with van der Waals surface area (Å²) in [6.07, 6.45) is 3.47. The second-order valence-corrected chi connectivity index (χ2v) is 5.99. The predicted molar refractivity (Wildman–Crippen MR) is 96.5 cm³/mol. The van der Waals surface area contributed by atoms with Crippen molar-refractivity contribution in [3.63, 3.8) is 0 Å². The number of ether oxygens (including phenoxy) is 1. The van der Waals surface area contributed by atoms with Gasteiger partial charge in [0.1, 0.15) is 0 Å². The van der Waals surface area contributed by atoms with Crippen molar-refractivity contribution in [3.8, 4) is 0 Å². The molecule has 7 heteroatoms. The first-order valence-electron chi connectivity index (χ1n) is 8.70. The second kappa shape index (κ2) is 8.64. The highest BCUT2D eigenvalue weighted by atomic mass is 16.5. The van der Waals surface area contributed by atoms with E-state index in [2.05, 4.69) is 32.8 Å². The summed E-state index contributed by atoms with van der Waals surface area (Å²) in [5.41, 5.74) is 1.89. The predicted octanol–water partition coefficient (Wildman–Crippen LogP) is 2.10. The van der Waals surface area contributed by atoms with Crippen LogP contribution in [-0.2, 0) is 11.3 Å². The fourth-order valence-corrected chi connectivity index (χ4v) is 2.99. The molecule has 2 amide bonds. The maximum atomic E-state index is 12.2. The maximum absolute atomic E-state index is 12.2. The Morgan fingerprint density at radius 1 is 1.28 bits per heavy atom. The lowest BCUT2D eigenvalue weighted by atomic mass is 10.0. The smallest absolute Gasteiger partial charge is 0.319 e. The Morgan fingerprint density at radius 3 is 2.72 bits per heavy atom. The SMILES string of the molecule is CCn1cc(NC(=O)NCC(c2ccccc2)N2CCOCC2)cn1. The molecule has 2 aromatic rings. The Kier molecular flexibility index (Phi) is 6.03. The highest BCUT2D eigenvalue weighted by Crippen LogP contribution is 2.21. The summed E-state index contributed by atoms with van der Waals surface area (Å²) in [4.78, 5) is 14.6. The van der Waals surface area contributed by atoms with Crippen molar-refractivity contribution in [3.05, 3.63) is 48.3 Å². The third-order valence-electron chi connectivity index (χ3n) is 4.34. The Bertz CT molecular complexity index is 667. The lowest BCUT2D eigenvalue weighted by Crippen LogP contribution is -2.44. The van der Waals surface area contributed by atoms with Crippen molar-refractivity contribution < 1.29 is 9.53 Å². The van der Waals surface area contributed by atoms with Crippen LogP contribution in [0.15, 0.2) is 42.7 Å². The number of rotatable bonds is 6. The minimum atomic E-state index is -0.218. The first-order chi connectivity index (χ1) is 12.3. The van der Waals surface area contributed by atoms with Gasteiger partial charge in [-0.25, -0.2) is 4.79 Å². The molecule has 134 valence electrons. The van der Waals surface area contributed by atoms with Crippen molar-refractivity contribution in [2.75, 3.05) is 38.2 Å². The summed E-state index contributed by atoms with van der Waals surface area (Å²) < 4.78 is 7.23. The van der Waals surface area contributed by atoms with Gasteiger partial charge in [0.05, 0.1) is 31.1 Å². The molecule has 7 nitrogen and oxygen atoms in total. The van der Waals surface area contributed by atoms with E-state index in [1.807, 2.05) is 31.3 Å². The minimum Gasteiger partial charge on any atom is -0.379 e. The Morgan fingerprint density at radius 2 is 2.04 bits per heavy atom. The quantitative estimate of drug-likeness (QED) is 0.843. The van der Waals surface area contributed by atoms with E-state index in [-0.39, 0.29) is 12.1 Å². The van der Waals surface area contributed by atoms with Gasteiger partial charge < -0.3 is 15.4 Å². The molecule has 0 bridgehead atoms. The number of aromatic nitrogens is 2. The first kappa shape index (κ1) is 17.4. The summed E-state index contributed by atoms with van der Waals surface area (Å²) in [7, 11) is 0. The van der Waals surface area contributed by atoms with Crippen LogP contribution in [-0.4, -0.2) is 53.6 Å². The highest BCUT2D eigenvalue weighted by molar-refractivity contribution is 5.88. The summed E-state index contributed by atoms with van der Waals surface area (Å²) >= 11 is 0. The zero-order valence-corrected chi connectivity index (χ0v) is 14.5. The maximum Gasteiger partial charge on any atom is 0.319 e. The number of anilines is 1. The number of hydrogen-bond acceptors (Lipinski definition) is 4. The normalized spacial score (nSPS) is 16.4. The second-order valence-electron chi connectivity index (χ2n) is 5.99. The number of amides is 2. The molecule has 1 fully saturated rings. The molecular formula is C18H25N5O2. The van der Waals surface area contributed by atoms with Crippen LogP contribution in [0.2, 0.25) is 0 Å². The first-order valence-corrected chi connectivity index (χ1v) is 8.70. The van der Waals surface area contributed by atoms with Gasteiger partial charge in [-0.1, -0.05) is 30.3 Å². The lowest BCUT2D eigenvalue weighted by Gasteiger charge is -2.34. The van der Waals surface area contributed by atoms with Crippen LogP contribution < -0.4 is 10.6 Å². The topological polar surface area (TPSA) is 71.4 Å². The Hall–Kier alpha value is -2.38. The van der Waals surface area contributed by atoms with Crippen LogP contribution in [0, 0.1) is 0 Å². The molecular weight excluding hydrogens is 318 g/mol. The van der Waals surface area contributed by atoms with E-state index in [0.29, 0.717) is 12.2 Å². The van der Waals surface area contributed by atoms with E-state index in [0.717, 1.165) is 32.8 Å². The number of morpholine rings is 1. The fraction of sp³-hybridized carbons (Fsp3) is 0.444. The van der Waals surface area contributed by atoms with Crippen molar-refractivity contribution in [1.82, 2.24) is 20.0 Å². The number of benzene rings is 1. The van der Waals surface area contributed by atoms with Crippen molar-refractivity contribution in [1.29, 1.82) is 0 Å². The number of nitrogens with zero attached hydrogens (tertiary/aromatic N) is 3. The van der Waals surface area contributed by atoms with Gasteiger partial charge >= 0.3 is 6.03 Å². The van der Waals surface area contributed by atoms with Gasteiger partial charge in [-0.2, -0.15) is 5.10 Å². The number of aryl methyl sites for hydroxylation is 1. The third-order valence-corrected chi connectivity index (χ3v) is 4.34. The standard InChI is InChI=1S/C18H25N5O2/c1-2-23-14-16(12-20-23)21-18(24)19-13-17(15-6-4-3-5-7-15)22-8-10-25-11-9-22/h3-7,12,14,17H,2,8-11,13H2,1H3,(H2,19,21,24). The lowest BCUT2D eigenvalue weighted by molar-refractivity contribution is 0.0168. The molecule has 1 saturated heterocycles. The van der Waals surface area contributed by atoms with Gasteiger partial charge in [0.2, 0.25) is 0 Å². The van der Waals surface area contributed by atoms with Crippen molar-refractivity contribution in [2.24, 2.45) is 0 Å². The molecule has 1 aliphatic rings.